The van der Waals surface area contributed by atoms with Crippen LogP contribution in [0.4, 0.5) is 4.39 Å². The van der Waals surface area contributed by atoms with E-state index in [1.165, 1.54) is 6.20 Å². The van der Waals surface area contributed by atoms with Crippen molar-refractivity contribution in [1.82, 2.24) is 4.98 Å². The average Bonchev–Trinajstić information content (AvgIpc) is 2.34. The first kappa shape index (κ1) is 12.5. The van der Waals surface area contributed by atoms with Crippen molar-refractivity contribution < 1.29 is 19.0 Å². The molecule has 2 aromatic rings. The molecule has 0 amide bonds. The lowest BCUT2D eigenvalue weighted by molar-refractivity contribution is 0.0690. The van der Waals surface area contributed by atoms with E-state index in [9.17, 15) is 9.18 Å². The minimum absolute atomic E-state index is 0.364. The van der Waals surface area contributed by atoms with Crippen LogP contribution in [0.15, 0.2) is 41.0 Å². The molecule has 18 heavy (non-hydrogen) atoms. The summed E-state index contributed by atoms with van der Waals surface area (Å²) < 4.78 is 19.7. The van der Waals surface area contributed by atoms with E-state index in [-0.39, 0.29) is 5.88 Å². The van der Waals surface area contributed by atoms with Crippen molar-refractivity contribution in [2.45, 2.75) is 0 Å². The van der Waals surface area contributed by atoms with Crippen molar-refractivity contribution >= 4 is 21.9 Å². The molecule has 0 fully saturated rings. The van der Waals surface area contributed by atoms with Gasteiger partial charge in [-0.1, -0.05) is 15.9 Å². The molecule has 0 radical (unpaired) electrons. The third-order valence-electron chi connectivity index (χ3n) is 2.12. The van der Waals surface area contributed by atoms with Gasteiger partial charge in [0.05, 0.1) is 0 Å². The number of aromatic carboxylic acids is 1. The highest BCUT2D eigenvalue weighted by Crippen LogP contribution is 2.25. The van der Waals surface area contributed by atoms with Crippen molar-refractivity contribution in [3.8, 4) is 11.6 Å². The Kier molecular flexibility index (Phi) is 3.57. The minimum Gasteiger partial charge on any atom is -0.478 e. The summed E-state index contributed by atoms with van der Waals surface area (Å²) in [7, 11) is 0. The summed E-state index contributed by atoms with van der Waals surface area (Å²) in [5, 5.41) is 8.76. The summed E-state index contributed by atoms with van der Waals surface area (Å²) >= 11 is 3.25. The van der Waals surface area contributed by atoms with Gasteiger partial charge in [0.25, 0.3) is 5.88 Å². The smallest absolute Gasteiger partial charge is 0.338 e. The lowest BCUT2D eigenvalue weighted by Gasteiger charge is -2.06. The third-order valence-corrected chi connectivity index (χ3v) is 2.64. The zero-order valence-corrected chi connectivity index (χ0v) is 10.5. The van der Waals surface area contributed by atoms with Gasteiger partial charge < -0.3 is 9.84 Å². The molecule has 2 rings (SSSR count). The fraction of sp³-hybridized carbons (Fsp3) is 0. The van der Waals surface area contributed by atoms with Crippen molar-refractivity contribution in [2.24, 2.45) is 0 Å². The van der Waals surface area contributed by atoms with Gasteiger partial charge in [-0.3, -0.25) is 0 Å². The second-order valence-electron chi connectivity index (χ2n) is 3.34. The van der Waals surface area contributed by atoms with Crippen LogP contribution in [0, 0.1) is 5.82 Å². The number of carboxylic acids is 1. The number of rotatable bonds is 3. The van der Waals surface area contributed by atoms with Crippen LogP contribution < -0.4 is 4.74 Å². The maximum absolute atomic E-state index is 13.7. The molecule has 0 aliphatic rings. The Morgan fingerprint density at radius 1 is 1.28 bits per heavy atom. The third kappa shape index (κ3) is 2.65. The summed E-state index contributed by atoms with van der Waals surface area (Å²) in [5.41, 5.74) is -0.475. The molecular weight excluding hydrogens is 305 g/mol. The number of carbonyl (C=O) groups is 1. The summed E-state index contributed by atoms with van der Waals surface area (Å²) in [6.07, 6.45) is 1.18. The number of pyridine rings is 1. The van der Waals surface area contributed by atoms with Gasteiger partial charge in [0.2, 0.25) is 0 Å². The number of nitrogens with zero attached hydrogens (tertiary/aromatic N) is 1. The Labute approximate surface area is 110 Å². The Hall–Kier alpha value is -1.95. The molecule has 1 heterocycles. The summed E-state index contributed by atoms with van der Waals surface area (Å²) in [6, 6.07) is 7.73. The van der Waals surface area contributed by atoms with Crippen molar-refractivity contribution in [3.05, 3.63) is 52.4 Å². The lowest BCUT2D eigenvalue weighted by atomic mass is 10.2. The number of carboxylic acid groups (broad SMARTS) is 1. The van der Waals surface area contributed by atoms with E-state index >= 15 is 0 Å². The van der Waals surface area contributed by atoms with Crippen LogP contribution in [0.5, 0.6) is 11.6 Å². The molecule has 0 atom stereocenters. The van der Waals surface area contributed by atoms with Crippen molar-refractivity contribution in [1.29, 1.82) is 0 Å². The van der Waals surface area contributed by atoms with Gasteiger partial charge in [0.1, 0.15) is 11.3 Å². The zero-order valence-electron chi connectivity index (χ0n) is 8.93. The largest absolute Gasteiger partial charge is 0.478 e. The van der Waals surface area contributed by atoms with Crippen molar-refractivity contribution in [2.75, 3.05) is 0 Å². The van der Waals surface area contributed by atoms with Crippen LogP contribution in [0.3, 0.4) is 0 Å². The fourth-order valence-electron chi connectivity index (χ4n) is 1.28. The van der Waals surface area contributed by atoms with Gasteiger partial charge in [0.15, 0.2) is 5.82 Å². The van der Waals surface area contributed by atoms with Crippen molar-refractivity contribution in [3.63, 3.8) is 0 Å². The number of ether oxygens (including phenoxy) is 1. The maximum Gasteiger partial charge on any atom is 0.338 e. The van der Waals surface area contributed by atoms with E-state index < -0.39 is 17.3 Å². The SMILES string of the molecule is O=C(O)c1ccnc(Oc2ccc(Br)cc2)c1F. The van der Waals surface area contributed by atoms with E-state index in [1.54, 1.807) is 24.3 Å². The van der Waals surface area contributed by atoms with E-state index in [0.29, 0.717) is 5.75 Å². The average molecular weight is 312 g/mol. The van der Waals surface area contributed by atoms with E-state index in [0.717, 1.165) is 10.5 Å². The molecular formula is C12H7BrFNO3. The molecule has 0 unspecified atom stereocenters. The van der Waals surface area contributed by atoms with Gasteiger partial charge in [-0.2, -0.15) is 0 Å². The van der Waals surface area contributed by atoms with Crippen LogP contribution in [0.25, 0.3) is 0 Å². The Morgan fingerprint density at radius 3 is 2.56 bits per heavy atom. The number of hydrogen-bond donors (Lipinski definition) is 1. The van der Waals surface area contributed by atoms with E-state index in [1.807, 2.05) is 0 Å². The molecule has 92 valence electrons. The fourth-order valence-corrected chi connectivity index (χ4v) is 1.54. The molecule has 0 saturated carbocycles. The van der Waals surface area contributed by atoms with E-state index in [4.69, 9.17) is 9.84 Å². The predicted molar refractivity (Wildman–Crippen MR) is 65.4 cm³/mol. The number of hydrogen-bond acceptors (Lipinski definition) is 3. The molecule has 0 bridgehead atoms. The number of aromatic nitrogens is 1. The molecule has 1 aromatic heterocycles. The van der Waals surface area contributed by atoms with Crippen LogP contribution in [0.1, 0.15) is 10.4 Å². The van der Waals surface area contributed by atoms with Crippen LogP contribution in [-0.4, -0.2) is 16.1 Å². The van der Waals surface area contributed by atoms with E-state index in [2.05, 4.69) is 20.9 Å². The van der Waals surface area contributed by atoms with Gasteiger partial charge in [0, 0.05) is 10.7 Å². The van der Waals surface area contributed by atoms with Crippen LogP contribution >= 0.6 is 15.9 Å². The highest BCUT2D eigenvalue weighted by Gasteiger charge is 2.16. The summed E-state index contributed by atoms with van der Waals surface area (Å²) in [4.78, 5) is 14.4. The molecule has 6 heteroatoms. The molecule has 0 aliphatic heterocycles. The summed E-state index contributed by atoms with van der Waals surface area (Å²) in [5.74, 6) is -2.35. The van der Waals surface area contributed by atoms with Gasteiger partial charge in [-0.05, 0) is 30.3 Å². The summed E-state index contributed by atoms with van der Waals surface area (Å²) in [6.45, 7) is 0. The lowest BCUT2D eigenvalue weighted by Crippen LogP contribution is -2.03. The van der Waals surface area contributed by atoms with Crippen LogP contribution in [0.2, 0.25) is 0 Å². The maximum atomic E-state index is 13.7. The molecule has 0 saturated heterocycles. The quantitative estimate of drug-likeness (QED) is 0.943. The van der Waals surface area contributed by atoms with Gasteiger partial charge >= 0.3 is 5.97 Å². The monoisotopic (exact) mass is 311 g/mol. The molecule has 4 nitrogen and oxygen atoms in total. The molecule has 1 aromatic carbocycles. The minimum atomic E-state index is -1.37. The van der Waals surface area contributed by atoms with Gasteiger partial charge in [-0.15, -0.1) is 0 Å². The number of halogens is 2. The van der Waals surface area contributed by atoms with Crippen LogP contribution in [-0.2, 0) is 0 Å². The highest BCUT2D eigenvalue weighted by molar-refractivity contribution is 9.10. The molecule has 0 spiro atoms. The molecule has 0 aliphatic carbocycles. The zero-order chi connectivity index (χ0) is 13.1. The molecule has 1 N–H and O–H groups in total. The Morgan fingerprint density at radius 2 is 1.94 bits per heavy atom. The first-order valence-electron chi connectivity index (χ1n) is 4.89. The second-order valence-corrected chi connectivity index (χ2v) is 4.25. The first-order valence-corrected chi connectivity index (χ1v) is 5.68. The topological polar surface area (TPSA) is 59.4 Å². The second kappa shape index (κ2) is 5.14. The number of benzene rings is 1. The first-order chi connectivity index (χ1) is 8.58. The Balaban J connectivity index is 2.32. The predicted octanol–water partition coefficient (Wildman–Crippen LogP) is 3.47. The Bertz CT molecular complexity index is 586. The van der Waals surface area contributed by atoms with Gasteiger partial charge in [-0.25, -0.2) is 14.2 Å². The normalized spacial score (nSPS) is 10.1. The standard InChI is InChI=1S/C12H7BrFNO3/c13-7-1-3-8(4-2-7)18-11-10(14)9(12(16)17)5-6-15-11/h1-6H,(H,16,17). The highest BCUT2D eigenvalue weighted by atomic mass is 79.9.